The smallest absolute Gasteiger partial charge is 0.231 e. The van der Waals surface area contributed by atoms with Crippen molar-refractivity contribution in [2.75, 3.05) is 13.4 Å². The molecule has 2 heterocycles. The molecule has 0 aliphatic carbocycles. The van der Waals surface area contributed by atoms with Crippen LogP contribution in [0.1, 0.15) is 0 Å². The van der Waals surface area contributed by atoms with Gasteiger partial charge in [0.15, 0.2) is 16.9 Å². The molecule has 0 radical (unpaired) electrons. The Kier molecular flexibility index (Phi) is 3.46. The van der Waals surface area contributed by atoms with Gasteiger partial charge >= 0.3 is 0 Å². The van der Waals surface area contributed by atoms with Crippen molar-refractivity contribution in [1.29, 1.82) is 0 Å². The van der Waals surface area contributed by atoms with Gasteiger partial charge in [-0.2, -0.15) is 0 Å². The highest BCUT2D eigenvalue weighted by Crippen LogP contribution is 2.46. The lowest BCUT2D eigenvalue weighted by Crippen LogP contribution is -2.03. The first kappa shape index (κ1) is 14.4. The highest BCUT2D eigenvalue weighted by atomic mass is 16.7. The lowest BCUT2D eigenvalue weighted by molar-refractivity contribution is 0.171. The molecule has 0 unspecified atom stereocenters. The number of rotatable bonds is 4. The molecule has 0 atom stereocenters. The zero-order valence-electron chi connectivity index (χ0n) is 12.8. The Labute approximate surface area is 137 Å². The summed E-state index contributed by atoms with van der Waals surface area (Å²) in [6.45, 7) is 3.98. The average Bonchev–Trinajstić information content (AvgIpc) is 3.09. The number of fused-ring (bicyclic) bond motifs is 3. The minimum atomic E-state index is -0.188. The van der Waals surface area contributed by atoms with E-state index in [1.54, 1.807) is 12.1 Å². The zero-order valence-corrected chi connectivity index (χ0v) is 12.8. The molecule has 0 N–H and O–H groups in total. The van der Waals surface area contributed by atoms with Crippen LogP contribution in [0.3, 0.4) is 0 Å². The van der Waals surface area contributed by atoms with Gasteiger partial charge in [0, 0.05) is 17.7 Å². The van der Waals surface area contributed by atoms with Crippen LogP contribution in [0, 0.1) is 0 Å². The van der Waals surface area contributed by atoms with E-state index in [1.807, 2.05) is 30.3 Å². The van der Waals surface area contributed by atoms with Crippen molar-refractivity contribution >= 4 is 11.0 Å². The summed E-state index contributed by atoms with van der Waals surface area (Å²) < 4.78 is 22.5. The number of benzene rings is 2. The summed E-state index contributed by atoms with van der Waals surface area (Å²) in [6, 6.07) is 12.6. The molecule has 5 nitrogen and oxygen atoms in total. The first-order valence-corrected chi connectivity index (χ1v) is 7.47. The lowest BCUT2D eigenvalue weighted by Gasteiger charge is -2.10. The van der Waals surface area contributed by atoms with Crippen molar-refractivity contribution in [3.63, 3.8) is 0 Å². The molecule has 2 aromatic carbocycles. The van der Waals surface area contributed by atoms with Gasteiger partial charge in [0.05, 0.1) is 0 Å². The third kappa shape index (κ3) is 2.31. The van der Waals surface area contributed by atoms with E-state index in [-0.39, 0.29) is 12.2 Å². The molecule has 24 heavy (non-hydrogen) atoms. The molecule has 0 saturated carbocycles. The molecule has 1 aromatic heterocycles. The summed E-state index contributed by atoms with van der Waals surface area (Å²) in [7, 11) is 0. The Morgan fingerprint density at radius 2 is 1.92 bits per heavy atom. The van der Waals surface area contributed by atoms with Crippen molar-refractivity contribution < 1.29 is 18.6 Å². The van der Waals surface area contributed by atoms with Crippen LogP contribution in [0.15, 0.2) is 64.3 Å². The van der Waals surface area contributed by atoms with E-state index in [1.165, 1.54) is 6.07 Å². The first-order chi connectivity index (χ1) is 11.8. The van der Waals surface area contributed by atoms with Crippen LogP contribution < -0.4 is 19.6 Å². The molecule has 1 aliphatic rings. The van der Waals surface area contributed by atoms with E-state index in [2.05, 4.69) is 6.58 Å². The summed E-state index contributed by atoms with van der Waals surface area (Å²) in [6.07, 6.45) is 1.63. The molecule has 0 saturated heterocycles. The Morgan fingerprint density at radius 3 is 2.71 bits per heavy atom. The van der Waals surface area contributed by atoms with E-state index in [4.69, 9.17) is 18.6 Å². The van der Waals surface area contributed by atoms with E-state index < -0.39 is 0 Å². The van der Waals surface area contributed by atoms with Crippen molar-refractivity contribution in [1.82, 2.24) is 0 Å². The third-order valence-electron chi connectivity index (χ3n) is 3.72. The maximum atomic E-state index is 12.6. The van der Waals surface area contributed by atoms with Crippen LogP contribution in [0.2, 0.25) is 0 Å². The topological polar surface area (TPSA) is 57.9 Å². The lowest BCUT2D eigenvalue weighted by atomic mass is 10.1. The fraction of sp³-hybridized carbons (Fsp3) is 0.105. The first-order valence-electron chi connectivity index (χ1n) is 7.47. The van der Waals surface area contributed by atoms with Crippen molar-refractivity contribution in [3.8, 4) is 28.6 Å². The van der Waals surface area contributed by atoms with Gasteiger partial charge < -0.3 is 18.6 Å². The van der Waals surface area contributed by atoms with Crippen LogP contribution in [-0.2, 0) is 0 Å². The Balaban J connectivity index is 1.96. The van der Waals surface area contributed by atoms with Crippen LogP contribution >= 0.6 is 0 Å². The molecule has 5 heteroatoms. The van der Waals surface area contributed by atoms with Crippen LogP contribution in [-0.4, -0.2) is 13.4 Å². The second-order valence-electron chi connectivity index (χ2n) is 5.25. The maximum absolute atomic E-state index is 12.6. The highest BCUT2D eigenvalue weighted by molar-refractivity contribution is 5.90. The number of ether oxygens (including phenoxy) is 3. The van der Waals surface area contributed by atoms with Gasteiger partial charge in [-0.3, -0.25) is 4.79 Å². The molecule has 3 aromatic rings. The monoisotopic (exact) mass is 322 g/mol. The van der Waals surface area contributed by atoms with Crippen molar-refractivity contribution in [2.24, 2.45) is 0 Å². The fourth-order valence-corrected chi connectivity index (χ4v) is 2.67. The molecule has 0 fully saturated rings. The normalized spacial score (nSPS) is 12.3. The minimum absolute atomic E-state index is 0.0404. The maximum Gasteiger partial charge on any atom is 0.231 e. The van der Waals surface area contributed by atoms with Crippen molar-refractivity contribution in [2.45, 2.75) is 0 Å². The molecule has 1 aliphatic heterocycles. The van der Waals surface area contributed by atoms with Gasteiger partial charge in [-0.05, 0) is 0 Å². The molecular formula is C19H14O5. The number of hydrogen-bond acceptors (Lipinski definition) is 5. The van der Waals surface area contributed by atoms with Gasteiger partial charge in [0.25, 0.3) is 0 Å². The Morgan fingerprint density at radius 1 is 1.12 bits per heavy atom. The fourth-order valence-electron chi connectivity index (χ4n) is 2.67. The highest BCUT2D eigenvalue weighted by Gasteiger charge is 2.26. The Bertz CT molecular complexity index is 972. The van der Waals surface area contributed by atoms with Crippen LogP contribution in [0.5, 0.6) is 17.2 Å². The second-order valence-corrected chi connectivity index (χ2v) is 5.25. The van der Waals surface area contributed by atoms with Crippen LogP contribution in [0.4, 0.5) is 0 Å². The van der Waals surface area contributed by atoms with Crippen molar-refractivity contribution in [3.05, 3.63) is 65.3 Å². The molecular weight excluding hydrogens is 308 g/mol. The summed E-state index contributed by atoms with van der Waals surface area (Å²) in [5, 5.41) is 0.355. The molecule has 0 amide bonds. The SMILES string of the molecule is C=CCOc1cc2oc(-c3ccccc3)cc(=O)c2c2c1OCO2. The van der Waals surface area contributed by atoms with Gasteiger partial charge in [0.1, 0.15) is 23.3 Å². The summed E-state index contributed by atoms with van der Waals surface area (Å²) in [4.78, 5) is 12.6. The van der Waals surface area contributed by atoms with E-state index in [0.29, 0.717) is 40.6 Å². The minimum Gasteiger partial charge on any atom is -0.485 e. The van der Waals surface area contributed by atoms with Gasteiger partial charge in [-0.25, -0.2) is 0 Å². The predicted molar refractivity (Wildman–Crippen MR) is 89.7 cm³/mol. The van der Waals surface area contributed by atoms with Gasteiger partial charge in [-0.1, -0.05) is 43.0 Å². The predicted octanol–water partition coefficient (Wildman–Crippen LogP) is 3.75. The van der Waals surface area contributed by atoms with Gasteiger partial charge in [-0.15, -0.1) is 0 Å². The second kappa shape index (κ2) is 5.77. The zero-order chi connectivity index (χ0) is 16.5. The average molecular weight is 322 g/mol. The van der Waals surface area contributed by atoms with Gasteiger partial charge in [0.2, 0.25) is 12.5 Å². The van der Waals surface area contributed by atoms with E-state index >= 15 is 0 Å². The molecule has 0 bridgehead atoms. The standard InChI is InChI=1S/C19H14O5/c1-2-8-21-16-10-15-17(19-18(16)22-11-23-19)13(20)9-14(24-15)12-6-4-3-5-7-12/h2-7,9-10H,1,8,11H2. The summed E-state index contributed by atoms with van der Waals surface area (Å²) >= 11 is 0. The molecule has 120 valence electrons. The quantitative estimate of drug-likeness (QED) is 0.685. The summed E-state index contributed by atoms with van der Waals surface area (Å²) in [5.74, 6) is 1.73. The Hall–Kier alpha value is -3.21. The van der Waals surface area contributed by atoms with E-state index in [0.717, 1.165) is 5.56 Å². The molecule has 4 rings (SSSR count). The largest absolute Gasteiger partial charge is 0.485 e. The third-order valence-corrected chi connectivity index (χ3v) is 3.72. The summed E-state index contributed by atoms with van der Waals surface area (Å²) in [5.41, 5.74) is 1.03. The molecule has 0 spiro atoms. The van der Waals surface area contributed by atoms with Crippen LogP contribution in [0.25, 0.3) is 22.3 Å². The van der Waals surface area contributed by atoms with E-state index in [9.17, 15) is 4.79 Å². The number of hydrogen-bond donors (Lipinski definition) is 0.